The van der Waals surface area contributed by atoms with Crippen molar-refractivity contribution in [2.75, 3.05) is 18.0 Å². The number of hydrogen-bond acceptors (Lipinski definition) is 4. The highest BCUT2D eigenvalue weighted by molar-refractivity contribution is 5.31. The van der Waals surface area contributed by atoms with Gasteiger partial charge >= 0.3 is 0 Å². The molecule has 0 aromatic carbocycles. The molecular weight excluding hydrogens is 224 g/mol. The van der Waals surface area contributed by atoms with Crippen molar-refractivity contribution in [2.45, 2.75) is 46.2 Å². The summed E-state index contributed by atoms with van der Waals surface area (Å²) in [6, 6.07) is 0.463. The van der Waals surface area contributed by atoms with Crippen LogP contribution >= 0.6 is 0 Å². The Labute approximate surface area is 110 Å². The summed E-state index contributed by atoms with van der Waals surface area (Å²) < 4.78 is 0. The van der Waals surface area contributed by atoms with Crippen molar-refractivity contribution >= 4 is 5.95 Å². The van der Waals surface area contributed by atoms with Crippen LogP contribution in [0.15, 0.2) is 12.4 Å². The van der Waals surface area contributed by atoms with Gasteiger partial charge in [-0.25, -0.2) is 9.97 Å². The summed E-state index contributed by atoms with van der Waals surface area (Å²) in [7, 11) is 0. The monoisotopic (exact) mass is 248 g/mol. The zero-order valence-electron chi connectivity index (χ0n) is 11.7. The Hall–Kier alpha value is -1.16. The van der Waals surface area contributed by atoms with E-state index in [0.29, 0.717) is 6.04 Å². The molecule has 0 radical (unpaired) electrons. The van der Waals surface area contributed by atoms with E-state index in [-0.39, 0.29) is 0 Å². The molecule has 1 aliphatic carbocycles. The molecule has 100 valence electrons. The van der Waals surface area contributed by atoms with Gasteiger partial charge in [0.25, 0.3) is 0 Å². The number of nitrogens with zero attached hydrogens (tertiary/aromatic N) is 3. The molecule has 0 saturated heterocycles. The second-order valence-electron chi connectivity index (χ2n) is 5.36. The van der Waals surface area contributed by atoms with Gasteiger partial charge in [0, 0.05) is 37.1 Å². The molecule has 4 heteroatoms. The van der Waals surface area contributed by atoms with E-state index in [2.05, 4.69) is 41.0 Å². The molecule has 1 fully saturated rings. The van der Waals surface area contributed by atoms with E-state index < -0.39 is 0 Å². The Kier molecular flexibility index (Phi) is 4.53. The highest BCUT2D eigenvalue weighted by Crippen LogP contribution is 2.31. The Bertz CT molecular complexity index is 357. The average molecular weight is 248 g/mol. The van der Waals surface area contributed by atoms with Gasteiger partial charge in [-0.1, -0.05) is 6.92 Å². The highest BCUT2D eigenvalue weighted by Gasteiger charge is 2.26. The summed E-state index contributed by atoms with van der Waals surface area (Å²) >= 11 is 0. The van der Waals surface area contributed by atoms with E-state index in [1.807, 2.05) is 12.4 Å². The van der Waals surface area contributed by atoms with Crippen LogP contribution in [-0.2, 0) is 6.54 Å². The Morgan fingerprint density at radius 2 is 2.00 bits per heavy atom. The average Bonchev–Trinajstić information content (AvgIpc) is 3.18. The molecule has 1 aromatic rings. The quantitative estimate of drug-likeness (QED) is 0.803. The zero-order valence-corrected chi connectivity index (χ0v) is 11.7. The maximum Gasteiger partial charge on any atom is 0.225 e. The number of hydrogen-bond donors (Lipinski definition) is 1. The SMILES string of the molecule is CCNCc1cnc(N(CC2CC2)C(C)C)nc1. The second-order valence-corrected chi connectivity index (χ2v) is 5.36. The molecule has 0 unspecified atom stereocenters. The summed E-state index contributed by atoms with van der Waals surface area (Å²) in [6.07, 6.45) is 6.60. The summed E-state index contributed by atoms with van der Waals surface area (Å²) in [6.45, 7) is 9.44. The molecule has 0 bridgehead atoms. The minimum atomic E-state index is 0.463. The first kappa shape index (κ1) is 13.3. The van der Waals surface area contributed by atoms with Crippen LogP contribution < -0.4 is 10.2 Å². The van der Waals surface area contributed by atoms with E-state index in [1.54, 1.807) is 0 Å². The fourth-order valence-corrected chi connectivity index (χ4v) is 1.96. The Morgan fingerprint density at radius 3 is 2.50 bits per heavy atom. The number of rotatable bonds is 7. The molecule has 1 aliphatic rings. The first-order chi connectivity index (χ1) is 8.70. The maximum atomic E-state index is 4.51. The third-order valence-electron chi connectivity index (χ3n) is 3.30. The molecule has 1 aromatic heterocycles. The normalized spacial score (nSPS) is 15.1. The predicted molar refractivity (Wildman–Crippen MR) is 74.6 cm³/mol. The molecule has 18 heavy (non-hydrogen) atoms. The predicted octanol–water partition coefficient (Wildman–Crippen LogP) is 2.21. The van der Waals surface area contributed by atoms with Crippen LogP contribution in [0.3, 0.4) is 0 Å². The van der Waals surface area contributed by atoms with E-state index >= 15 is 0 Å². The van der Waals surface area contributed by atoms with Gasteiger partial charge in [-0.05, 0) is 39.2 Å². The molecule has 4 nitrogen and oxygen atoms in total. The summed E-state index contributed by atoms with van der Waals surface area (Å²) in [5.74, 6) is 1.73. The lowest BCUT2D eigenvalue weighted by Crippen LogP contribution is -2.34. The first-order valence-electron chi connectivity index (χ1n) is 6.99. The third-order valence-corrected chi connectivity index (χ3v) is 3.30. The lowest BCUT2D eigenvalue weighted by atomic mass is 10.3. The van der Waals surface area contributed by atoms with Crippen LogP contribution in [0.4, 0.5) is 5.95 Å². The van der Waals surface area contributed by atoms with Gasteiger partial charge in [0.05, 0.1) is 0 Å². The van der Waals surface area contributed by atoms with Crippen molar-refractivity contribution in [1.29, 1.82) is 0 Å². The van der Waals surface area contributed by atoms with E-state index in [9.17, 15) is 0 Å². The van der Waals surface area contributed by atoms with Crippen LogP contribution in [0, 0.1) is 5.92 Å². The highest BCUT2D eigenvalue weighted by atomic mass is 15.3. The minimum absolute atomic E-state index is 0.463. The van der Waals surface area contributed by atoms with E-state index in [4.69, 9.17) is 0 Å². The molecule has 0 aliphatic heterocycles. The summed E-state index contributed by atoms with van der Waals surface area (Å²) in [5.41, 5.74) is 1.15. The molecule has 0 amide bonds. The molecule has 0 spiro atoms. The molecule has 1 heterocycles. The van der Waals surface area contributed by atoms with Gasteiger partial charge < -0.3 is 10.2 Å². The van der Waals surface area contributed by atoms with Crippen molar-refractivity contribution in [2.24, 2.45) is 5.92 Å². The third kappa shape index (κ3) is 3.67. The van der Waals surface area contributed by atoms with Crippen LogP contribution in [-0.4, -0.2) is 29.1 Å². The zero-order chi connectivity index (χ0) is 13.0. The first-order valence-corrected chi connectivity index (χ1v) is 6.99. The van der Waals surface area contributed by atoms with Gasteiger partial charge in [0.1, 0.15) is 0 Å². The van der Waals surface area contributed by atoms with Crippen molar-refractivity contribution in [3.8, 4) is 0 Å². The number of aromatic nitrogens is 2. The van der Waals surface area contributed by atoms with Gasteiger partial charge in [0.2, 0.25) is 5.95 Å². The van der Waals surface area contributed by atoms with Gasteiger partial charge in [-0.3, -0.25) is 0 Å². The largest absolute Gasteiger partial charge is 0.338 e. The van der Waals surface area contributed by atoms with Crippen LogP contribution in [0.5, 0.6) is 0 Å². The Morgan fingerprint density at radius 1 is 1.33 bits per heavy atom. The lowest BCUT2D eigenvalue weighted by Gasteiger charge is -2.26. The van der Waals surface area contributed by atoms with Crippen LogP contribution in [0.2, 0.25) is 0 Å². The molecule has 2 rings (SSSR count). The van der Waals surface area contributed by atoms with Crippen LogP contribution in [0.1, 0.15) is 39.2 Å². The minimum Gasteiger partial charge on any atom is -0.338 e. The van der Waals surface area contributed by atoms with E-state index in [1.165, 1.54) is 12.8 Å². The van der Waals surface area contributed by atoms with Crippen molar-refractivity contribution in [1.82, 2.24) is 15.3 Å². The number of nitrogens with one attached hydrogen (secondary N) is 1. The van der Waals surface area contributed by atoms with Gasteiger partial charge in [-0.15, -0.1) is 0 Å². The maximum absolute atomic E-state index is 4.51. The van der Waals surface area contributed by atoms with Crippen molar-refractivity contribution < 1.29 is 0 Å². The second kappa shape index (κ2) is 6.14. The summed E-state index contributed by atoms with van der Waals surface area (Å²) in [5, 5.41) is 3.28. The van der Waals surface area contributed by atoms with Gasteiger partial charge in [-0.2, -0.15) is 0 Å². The standard InChI is InChI=1S/C14H24N4/c1-4-15-7-13-8-16-14(17-9-13)18(11(2)3)10-12-5-6-12/h8-9,11-12,15H,4-7,10H2,1-3H3. The smallest absolute Gasteiger partial charge is 0.225 e. The summed E-state index contributed by atoms with van der Waals surface area (Å²) in [4.78, 5) is 11.3. The molecular formula is C14H24N4. The molecule has 1 saturated carbocycles. The lowest BCUT2D eigenvalue weighted by molar-refractivity contribution is 0.625. The number of anilines is 1. The Balaban J connectivity index is 2.00. The van der Waals surface area contributed by atoms with Crippen LogP contribution in [0.25, 0.3) is 0 Å². The topological polar surface area (TPSA) is 41.1 Å². The molecule has 0 atom stereocenters. The van der Waals surface area contributed by atoms with E-state index in [0.717, 1.165) is 37.1 Å². The van der Waals surface area contributed by atoms with Gasteiger partial charge in [0.15, 0.2) is 0 Å². The fourth-order valence-electron chi connectivity index (χ4n) is 1.96. The molecule has 1 N–H and O–H groups in total. The fraction of sp³-hybridized carbons (Fsp3) is 0.714. The van der Waals surface area contributed by atoms with Crippen molar-refractivity contribution in [3.63, 3.8) is 0 Å². The van der Waals surface area contributed by atoms with Crippen molar-refractivity contribution in [3.05, 3.63) is 18.0 Å².